The van der Waals surface area contributed by atoms with Gasteiger partial charge in [0.15, 0.2) is 11.6 Å². The van der Waals surface area contributed by atoms with E-state index in [1.54, 1.807) is 18.5 Å². The van der Waals surface area contributed by atoms with Crippen LogP contribution in [0.15, 0.2) is 54.9 Å². The van der Waals surface area contributed by atoms with E-state index in [-0.39, 0.29) is 22.9 Å². The highest BCUT2D eigenvalue weighted by molar-refractivity contribution is 6.31. The van der Waals surface area contributed by atoms with Gasteiger partial charge >= 0.3 is 0 Å². The fourth-order valence-electron chi connectivity index (χ4n) is 3.15. The van der Waals surface area contributed by atoms with Gasteiger partial charge in [-0.15, -0.1) is 0 Å². The lowest BCUT2D eigenvalue weighted by molar-refractivity contribution is 0.0933. The number of carbonyl (C=O) groups excluding carboxylic acids is 1. The SMILES string of the molecule is O=C(NC[C@H]1Cc2cc(-c3cccnc3)cc(F)c2O1)c1ccc(F)c(Cl)c1. The van der Waals surface area contributed by atoms with Crippen molar-refractivity contribution in [2.24, 2.45) is 0 Å². The molecule has 0 fully saturated rings. The molecule has 0 bridgehead atoms. The van der Waals surface area contributed by atoms with Crippen LogP contribution in [0.1, 0.15) is 15.9 Å². The zero-order valence-corrected chi connectivity index (χ0v) is 15.3. The summed E-state index contributed by atoms with van der Waals surface area (Å²) in [7, 11) is 0. The quantitative estimate of drug-likeness (QED) is 0.705. The van der Waals surface area contributed by atoms with Gasteiger partial charge in [-0.3, -0.25) is 9.78 Å². The van der Waals surface area contributed by atoms with Gasteiger partial charge in [0.25, 0.3) is 5.91 Å². The van der Waals surface area contributed by atoms with Gasteiger partial charge in [0.2, 0.25) is 0 Å². The molecule has 7 heteroatoms. The molecule has 0 radical (unpaired) electrons. The topological polar surface area (TPSA) is 51.2 Å². The molecule has 1 aromatic heterocycles. The Balaban J connectivity index is 1.44. The summed E-state index contributed by atoms with van der Waals surface area (Å²) in [6.45, 7) is 0.185. The molecule has 4 nitrogen and oxygen atoms in total. The van der Waals surface area contributed by atoms with Gasteiger partial charge in [-0.05, 0) is 42.0 Å². The van der Waals surface area contributed by atoms with Crippen molar-refractivity contribution < 1.29 is 18.3 Å². The first-order valence-electron chi connectivity index (χ1n) is 8.64. The van der Waals surface area contributed by atoms with Gasteiger partial charge in [-0.1, -0.05) is 17.7 Å². The third kappa shape index (κ3) is 3.68. The Labute approximate surface area is 165 Å². The molecule has 0 aliphatic carbocycles. The third-order valence-corrected chi connectivity index (χ3v) is 4.81. The van der Waals surface area contributed by atoms with Crippen molar-refractivity contribution >= 4 is 17.5 Å². The van der Waals surface area contributed by atoms with Crippen LogP contribution in [0.2, 0.25) is 5.02 Å². The maximum absolute atomic E-state index is 14.5. The maximum Gasteiger partial charge on any atom is 0.251 e. The number of carbonyl (C=O) groups is 1. The summed E-state index contributed by atoms with van der Waals surface area (Å²) >= 11 is 5.70. The number of amides is 1. The number of fused-ring (bicyclic) bond motifs is 1. The van der Waals surface area contributed by atoms with Crippen LogP contribution >= 0.6 is 11.6 Å². The summed E-state index contributed by atoms with van der Waals surface area (Å²) in [6.07, 6.45) is 3.39. The van der Waals surface area contributed by atoms with Crippen molar-refractivity contribution in [3.8, 4) is 16.9 Å². The molecule has 0 unspecified atom stereocenters. The lowest BCUT2D eigenvalue weighted by Gasteiger charge is -2.12. The van der Waals surface area contributed by atoms with Gasteiger partial charge in [0.05, 0.1) is 11.6 Å². The molecule has 4 rings (SSSR count). The third-order valence-electron chi connectivity index (χ3n) is 4.52. The Morgan fingerprint density at radius 3 is 2.79 bits per heavy atom. The highest BCUT2D eigenvalue weighted by atomic mass is 35.5. The van der Waals surface area contributed by atoms with Crippen molar-refractivity contribution in [2.45, 2.75) is 12.5 Å². The number of halogens is 3. The lowest BCUT2D eigenvalue weighted by atomic mass is 10.0. The van der Waals surface area contributed by atoms with E-state index in [0.29, 0.717) is 6.42 Å². The number of hydrogen-bond acceptors (Lipinski definition) is 3. The molecule has 1 aliphatic heterocycles. The zero-order chi connectivity index (χ0) is 19.7. The molecule has 1 N–H and O–H groups in total. The Kier molecular flexibility index (Phi) is 4.96. The molecule has 0 saturated carbocycles. The van der Waals surface area contributed by atoms with Crippen LogP contribution in [0.3, 0.4) is 0 Å². The van der Waals surface area contributed by atoms with Gasteiger partial charge in [-0.2, -0.15) is 0 Å². The fraction of sp³-hybridized carbons (Fsp3) is 0.143. The molecule has 3 aromatic rings. The average Bonchev–Trinajstić information content (AvgIpc) is 3.12. The second-order valence-corrected chi connectivity index (χ2v) is 6.88. The van der Waals surface area contributed by atoms with Gasteiger partial charge in [0.1, 0.15) is 11.9 Å². The largest absolute Gasteiger partial charge is 0.485 e. The van der Waals surface area contributed by atoms with E-state index in [0.717, 1.165) is 22.8 Å². The van der Waals surface area contributed by atoms with Crippen molar-refractivity contribution in [1.29, 1.82) is 0 Å². The summed E-state index contributed by atoms with van der Waals surface area (Å²) < 4.78 is 33.4. The van der Waals surface area contributed by atoms with E-state index in [4.69, 9.17) is 16.3 Å². The van der Waals surface area contributed by atoms with Crippen LogP contribution in [0.4, 0.5) is 8.78 Å². The molecule has 28 heavy (non-hydrogen) atoms. The normalized spacial score (nSPS) is 15.0. The van der Waals surface area contributed by atoms with Crippen LogP contribution in [0.5, 0.6) is 5.75 Å². The lowest BCUT2D eigenvalue weighted by Crippen LogP contribution is -2.34. The van der Waals surface area contributed by atoms with Crippen LogP contribution in [-0.4, -0.2) is 23.5 Å². The number of hydrogen-bond donors (Lipinski definition) is 1. The molecule has 0 saturated heterocycles. The molecule has 0 spiro atoms. The van der Waals surface area contributed by atoms with Crippen LogP contribution in [-0.2, 0) is 6.42 Å². The van der Waals surface area contributed by atoms with Crippen LogP contribution < -0.4 is 10.1 Å². The van der Waals surface area contributed by atoms with Crippen molar-refractivity contribution in [1.82, 2.24) is 10.3 Å². The Bertz CT molecular complexity index is 1040. The molecular formula is C21H15ClF2N2O2. The molecule has 1 aliphatic rings. The Morgan fingerprint density at radius 1 is 1.18 bits per heavy atom. The van der Waals surface area contributed by atoms with Crippen molar-refractivity contribution in [3.63, 3.8) is 0 Å². The van der Waals surface area contributed by atoms with Gasteiger partial charge in [0, 0.05) is 35.5 Å². The number of nitrogens with zero attached hydrogens (tertiary/aromatic N) is 1. The Morgan fingerprint density at radius 2 is 2.04 bits per heavy atom. The summed E-state index contributed by atoms with van der Waals surface area (Å²) in [5, 5.41) is 2.59. The number of aromatic nitrogens is 1. The fourth-order valence-corrected chi connectivity index (χ4v) is 3.33. The second-order valence-electron chi connectivity index (χ2n) is 6.47. The number of ether oxygens (including phenoxy) is 1. The standard InChI is InChI=1S/C21H15ClF2N2O2/c22-17-8-12(3-4-18(17)23)21(27)26-11-16-7-15-6-14(9-19(24)20(15)28-16)13-2-1-5-25-10-13/h1-6,8-10,16H,7,11H2,(H,26,27)/t16-/m1/s1. The predicted octanol–water partition coefficient (Wildman–Crippen LogP) is 4.41. The molecule has 2 aromatic carbocycles. The molecule has 1 amide bonds. The first kappa shape index (κ1) is 18.4. The first-order chi connectivity index (χ1) is 13.5. The number of benzene rings is 2. The maximum atomic E-state index is 14.5. The van der Waals surface area contributed by atoms with E-state index in [1.165, 1.54) is 18.2 Å². The molecule has 142 valence electrons. The molecule has 2 heterocycles. The van der Waals surface area contributed by atoms with Crippen LogP contribution in [0.25, 0.3) is 11.1 Å². The highest BCUT2D eigenvalue weighted by Gasteiger charge is 2.27. The minimum Gasteiger partial charge on any atom is -0.485 e. The smallest absolute Gasteiger partial charge is 0.251 e. The van der Waals surface area contributed by atoms with E-state index in [2.05, 4.69) is 10.3 Å². The van der Waals surface area contributed by atoms with E-state index in [1.807, 2.05) is 12.1 Å². The van der Waals surface area contributed by atoms with E-state index < -0.39 is 23.6 Å². The number of pyridine rings is 1. The van der Waals surface area contributed by atoms with Crippen LogP contribution in [0, 0.1) is 11.6 Å². The van der Waals surface area contributed by atoms with Gasteiger partial charge < -0.3 is 10.1 Å². The zero-order valence-electron chi connectivity index (χ0n) is 14.6. The van der Waals surface area contributed by atoms with Crippen molar-refractivity contribution in [2.75, 3.05) is 6.54 Å². The summed E-state index contributed by atoms with van der Waals surface area (Å²) in [4.78, 5) is 16.3. The first-order valence-corrected chi connectivity index (χ1v) is 9.02. The summed E-state index contributed by atoms with van der Waals surface area (Å²) in [6, 6.07) is 10.7. The van der Waals surface area contributed by atoms with E-state index in [9.17, 15) is 13.6 Å². The predicted molar refractivity (Wildman–Crippen MR) is 101 cm³/mol. The number of nitrogens with one attached hydrogen (secondary N) is 1. The van der Waals surface area contributed by atoms with Crippen molar-refractivity contribution in [3.05, 3.63) is 82.6 Å². The highest BCUT2D eigenvalue weighted by Crippen LogP contribution is 2.35. The minimum atomic E-state index is -0.590. The number of rotatable bonds is 4. The average molecular weight is 401 g/mol. The Hall–Kier alpha value is -2.99. The van der Waals surface area contributed by atoms with Gasteiger partial charge in [-0.25, -0.2) is 8.78 Å². The monoisotopic (exact) mass is 400 g/mol. The van der Waals surface area contributed by atoms with E-state index >= 15 is 0 Å². The minimum absolute atomic E-state index is 0.123. The molecule has 1 atom stereocenters. The summed E-state index contributed by atoms with van der Waals surface area (Å²) in [5.41, 5.74) is 2.52. The molecular weight excluding hydrogens is 386 g/mol. The summed E-state index contributed by atoms with van der Waals surface area (Å²) in [5.74, 6) is -1.24. The second kappa shape index (κ2) is 7.56.